The zero-order valence-corrected chi connectivity index (χ0v) is 10.1. The van der Waals surface area contributed by atoms with E-state index < -0.39 is 6.04 Å². The summed E-state index contributed by atoms with van der Waals surface area (Å²) >= 11 is 0. The quantitative estimate of drug-likeness (QED) is 0.475. The van der Waals surface area contributed by atoms with Gasteiger partial charge in [-0.15, -0.1) is 0 Å². The van der Waals surface area contributed by atoms with E-state index in [0.717, 1.165) is 12.8 Å². The van der Waals surface area contributed by atoms with Crippen LogP contribution < -0.4 is 5.73 Å². The molecule has 3 heteroatoms. The number of hydrogen-bond donors (Lipinski definition) is 1. The number of carbonyl (C=O) groups is 1. The molecule has 0 rings (SSSR count). The van der Waals surface area contributed by atoms with Crippen molar-refractivity contribution in [2.75, 3.05) is 6.61 Å². The van der Waals surface area contributed by atoms with Gasteiger partial charge < -0.3 is 10.5 Å². The molecule has 0 unspecified atom stereocenters. The Kier molecular flexibility index (Phi) is 9.59. The molecule has 1 atom stereocenters. The molecule has 2 N–H and O–H groups in total. The molecule has 0 spiro atoms. The van der Waals surface area contributed by atoms with Crippen molar-refractivity contribution in [1.82, 2.24) is 0 Å². The second-order valence-electron chi connectivity index (χ2n) is 3.95. The van der Waals surface area contributed by atoms with Crippen LogP contribution in [0.25, 0.3) is 0 Å². The molecule has 15 heavy (non-hydrogen) atoms. The zero-order chi connectivity index (χ0) is 11.5. The summed E-state index contributed by atoms with van der Waals surface area (Å²) in [6.07, 6.45) is 7.86. The van der Waals surface area contributed by atoms with Gasteiger partial charge in [-0.05, 0) is 12.8 Å². The first-order chi connectivity index (χ1) is 7.22. The van der Waals surface area contributed by atoms with Gasteiger partial charge in [0.1, 0.15) is 6.04 Å². The lowest BCUT2D eigenvalue weighted by molar-refractivity contribution is -0.145. The molecular formula is C12H25NO2. The highest BCUT2D eigenvalue weighted by Gasteiger charge is 2.11. The molecule has 0 aromatic heterocycles. The fourth-order valence-corrected chi connectivity index (χ4v) is 1.33. The molecule has 0 saturated heterocycles. The Bertz CT molecular complexity index is 160. The number of carbonyl (C=O) groups excluding carboxylic acids is 1. The highest BCUT2D eigenvalue weighted by molar-refractivity contribution is 5.75. The molecule has 90 valence electrons. The molecule has 3 nitrogen and oxygen atoms in total. The van der Waals surface area contributed by atoms with Crippen LogP contribution in [-0.4, -0.2) is 18.6 Å². The number of rotatable bonds is 9. The van der Waals surface area contributed by atoms with Gasteiger partial charge in [0.15, 0.2) is 0 Å². The molecule has 0 aromatic rings. The van der Waals surface area contributed by atoms with Gasteiger partial charge in [0.25, 0.3) is 0 Å². The Hall–Kier alpha value is -0.570. The van der Waals surface area contributed by atoms with E-state index in [1.54, 1.807) is 0 Å². The fraction of sp³-hybridized carbons (Fsp3) is 0.917. The molecule has 0 bridgehead atoms. The first kappa shape index (κ1) is 14.4. The van der Waals surface area contributed by atoms with Gasteiger partial charge in [0, 0.05) is 0 Å². The van der Waals surface area contributed by atoms with Crippen molar-refractivity contribution in [3.63, 3.8) is 0 Å². The number of nitrogens with two attached hydrogens (primary N) is 1. The van der Waals surface area contributed by atoms with E-state index in [2.05, 4.69) is 6.92 Å². The van der Waals surface area contributed by atoms with Gasteiger partial charge in [-0.25, -0.2) is 0 Å². The van der Waals surface area contributed by atoms with Gasteiger partial charge >= 0.3 is 5.97 Å². The highest BCUT2D eigenvalue weighted by atomic mass is 16.5. The van der Waals surface area contributed by atoms with E-state index >= 15 is 0 Å². The van der Waals surface area contributed by atoms with E-state index in [9.17, 15) is 4.79 Å². The van der Waals surface area contributed by atoms with E-state index in [4.69, 9.17) is 10.5 Å². The van der Waals surface area contributed by atoms with Crippen molar-refractivity contribution < 1.29 is 9.53 Å². The Morgan fingerprint density at radius 3 is 2.33 bits per heavy atom. The molecule has 0 fully saturated rings. The summed E-state index contributed by atoms with van der Waals surface area (Å²) in [6, 6.07) is -0.440. The number of hydrogen-bond acceptors (Lipinski definition) is 3. The Morgan fingerprint density at radius 1 is 1.13 bits per heavy atom. The molecule has 0 heterocycles. The van der Waals surface area contributed by atoms with E-state index in [-0.39, 0.29) is 5.97 Å². The molecule has 0 aliphatic carbocycles. The van der Waals surface area contributed by atoms with Crippen molar-refractivity contribution >= 4 is 5.97 Å². The van der Waals surface area contributed by atoms with Crippen molar-refractivity contribution in [3.05, 3.63) is 0 Å². The van der Waals surface area contributed by atoms with Crippen LogP contribution in [-0.2, 0) is 9.53 Å². The summed E-state index contributed by atoms with van der Waals surface area (Å²) in [4.78, 5) is 11.2. The van der Waals surface area contributed by atoms with Crippen LogP contribution in [0.4, 0.5) is 0 Å². The Balaban J connectivity index is 3.20. The smallest absolute Gasteiger partial charge is 0.322 e. The SMILES string of the molecule is CCCCCCCCOC(=O)[C@@H](N)CC. The fourth-order valence-electron chi connectivity index (χ4n) is 1.33. The maximum Gasteiger partial charge on any atom is 0.322 e. The average Bonchev–Trinajstić information content (AvgIpc) is 2.26. The monoisotopic (exact) mass is 215 g/mol. The van der Waals surface area contributed by atoms with Crippen molar-refractivity contribution in [1.29, 1.82) is 0 Å². The normalized spacial score (nSPS) is 12.5. The Labute approximate surface area is 93.4 Å². The van der Waals surface area contributed by atoms with Crippen LogP contribution in [0, 0.1) is 0 Å². The van der Waals surface area contributed by atoms with Crippen molar-refractivity contribution in [2.45, 2.75) is 64.8 Å². The third-order valence-corrected chi connectivity index (χ3v) is 2.48. The summed E-state index contributed by atoms with van der Waals surface area (Å²) in [5.74, 6) is -0.258. The number of esters is 1. The van der Waals surface area contributed by atoms with E-state index in [1.165, 1.54) is 25.7 Å². The predicted octanol–water partition coefficient (Wildman–Crippen LogP) is 2.63. The second-order valence-corrected chi connectivity index (χ2v) is 3.95. The molecule has 0 aliphatic rings. The molecule has 0 amide bonds. The summed E-state index contributed by atoms with van der Waals surface area (Å²) < 4.78 is 5.04. The first-order valence-electron chi connectivity index (χ1n) is 6.14. The lowest BCUT2D eigenvalue weighted by atomic mass is 10.1. The largest absolute Gasteiger partial charge is 0.465 e. The van der Waals surface area contributed by atoms with E-state index in [0.29, 0.717) is 13.0 Å². The minimum atomic E-state index is -0.440. The van der Waals surface area contributed by atoms with Gasteiger partial charge in [0.05, 0.1) is 6.61 Å². The predicted molar refractivity (Wildman–Crippen MR) is 62.6 cm³/mol. The second kappa shape index (κ2) is 9.97. The van der Waals surface area contributed by atoms with Crippen LogP contribution >= 0.6 is 0 Å². The first-order valence-corrected chi connectivity index (χ1v) is 6.14. The molecule has 0 radical (unpaired) electrons. The average molecular weight is 215 g/mol. The molecule has 0 saturated carbocycles. The van der Waals surface area contributed by atoms with Gasteiger partial charge in [-0.2, -0.15) is 0 Å². The number of unbranched alkanes of at least 4 members (excludes halogenated alkanes) is 5. The summed E-state index contributed by atoms with van der Waals surface area (Å²) in [5.41, 5.74) is 5.52. The summed E-state index contributed by atoms with van der Waals surface area (Å²) in [5, 5.41) is 0. The molecular weight excluding hydrogens is 190 g/mol. The molecule has 0 aromatic carbocycles. The van der Waals surface area contributed by atoms with E-state index in [1.807, 2.05) is 6.92 Å². The summed E-state index contributed by atoms with van der Waals surface area (Å²) in [7, 11) is 0. The highest BCUT2D eigenvalue weighted by Crippen LogP contribution is 2.05. The van der Waals surface area contributed by atoms with Gasteiger partial charge in [-0.3, -0.25) is 4.79 Å². The maximum absolute atomic E-state index is 11.2. The minimum Gasteiger partial charge on any atom is -0.465 e. The lowest BCUT2D eigenvalue weighted by Gasteiger charge is -2.08. The van der Waals surface area contributed by atoms with Crippen LogP contribution in [0.1, 0.15) is 58.8 Å². The maximum atomic E-state index is 11.2. The summed E-state index contributed by atoms with van der Waals surface area (Å²) in [6.45, 7) is 4.61. The Morgan fingerprint density at radius 2 is 1.73 bits per heavy atom. The van der Waals surface area contributed by atoms with Crippen LogP contribution in [0.2, 0.25) is 0 Å². The third kappa shape index (κ3) is 8.43. The lowest BCUT2D eigenvalue weighted by Crippen LogP contribution is -2.31. The molecule has 0 aliphatic heterocycles. The van der Waals surface area contributed by atoms with Gasteiger partial charge in [-0.1, -0.05) is 46.0 Å². The van der Waals surface area contributed by atoms with Crippen LogP contribution in [0.3, 0.4) is 0 Å². The van der Waals surface area contributed by atoms with Crippen LogP contribution in [0.5, 0.6) is 0 Å². The minimum absolute atomic E-state index is 0.258. The van der Waals surface area contributed by atoms with Crippen molar-refractivity contribution in [3.8, 4) is 0 Å². The van der Waals surface area contributed by atoms with Crippen molar-refractivity contribution in [2.24, 2.45) is 5.73 Å². The zero-order valence-electron chi connectivity index (χ0n) is 10.1. The van der Waals surface area contributed by atoms with Gasteiger partial charge in [0.2, 0.25) is 0 Å². The number of ether oxygens (including phenoxy) is 1. The third-order valence-electron chi connectivity index (χ3n) is 2.48. The topological polar surface area (TPSA) is 52.3 Å². The van der Waals surface area contributed by atoms with Crippen LogP contribution in [0.15, 0.2) is 0 Å². The standard InChI is InChI=1S/C12H25NO2/c1-3-5-6-7-8-9-10-15-12(14)11(13)4-2/h11H,3-10,13H2,1-2H3/t11-/m0/s1.